The van der Waals surface area contributed by atoms with Crippen LogP contribution in [0.15, 0.2) is 158 Å². The summed E-state index contributed by atoms with van der Waals surface area (Å²) in [6, 6.07) is 49.6. The minimum absolute atomic E-state index is 0.395. The zero-order valence-corrected chi connectivity index (χ0v) is 28.5. The number of carbonyl (C=O) groups excluding carboxylic acids is 2. The number of fused-ring (bicyclic) bond motifs is 2. The van der Waals surface area contributed by atoms with Crippen molar-refractivity contribution in [3.05, 3.63) is 180 Å². The Kier molecular flexibility index (Phi) is 8.55. The molecule has 2 heterocycles. The molecule has 0 saturated carbocycles. The smallest absolute Gasteiger partial charge is 0.344 e. The molecule has 0 amide bonds. The van der Waals surface area contributed by atoms with E-state index in [9.17, 15) is 9.59 Å². The van der Waals surface area contributed by atoms with Crippen molar-refractivity contribution in [3.63, 3.8) is 0 Å². The molecule has 6 nitrogen and oxygen atoms in total. The molecular weight excluding hydrogens is 645 g/mol. The zero-order chi connectivity index (χ0) is 35.6. The fourth-order valence-electron chi connectivity index (χ4n) is 6.31. The van der Waals surface area contributed by atoms with E-state index in [1.165, 1.54) is 0 Å². The first-order valence-corrected chi connectivity index (χ1v) is 17.0. The SMILES string of the molecule is Cc1ccccc1OC(=O)c1cc(-c2ccccc2)nc2ccc(-c3ccc4nc(-c5ccccc5)cc(C(=O)Oc5ccccc5C)c4c3)cc12. The molecule has 0 fully saturated rings. The summed E-state index contributed by atoms with van der Waals surface area (Å²) in [5.74, 6) is 0.0376. The molecule has 0 bridgehead atoms. The average Bonchev–Trinajstić information content (AvgIpc) is 3.19. The number of aryl methyl sites for hydroxylation is 2. The molecule has 0 aliphatic carbocycles. The maximum atomic E-state index is 13.9. The van der Waals surface area contributed by atoms with Crippen LogP contribution in [-0.4, -0.2) is 21.9 Å². The Labute approximate surface area is 301 Å². The number of para-hydroxylation sites is 2. The van der Waals surface area contributed by atoms with Crippen LogP contribution in [0.4, 0.5) is 0 Å². The third kappa shape index (κ3) is 6.41. The topological polar surface area (TPSA) is 78.4 Å². The largest absolute Gasteiger partial charge is 0.423 e. The highest BCUT2D eigenvalue weighted by Gasteiger charge is 2.20. The van der Waals surface area contributed by atoms with Gasteiger partial charge < -0.3 is 9.47 Å². The molecule has 6 heteroatoms. The molecule has 0 spiro atoms. The Morgan fingerprint density at radius 1 is 0.423 bits per heavy atom. The Morgan fingerprint density at radius 2 is 0.808 bits per heavy atom. The molecule has 0 saturated heterocycles. The Morgan fingerprint density at radius 3 is 1.21 bits per heavy atom. The standard InChI is InChI=1S/C46H32N2O4/c1-29-13-9-11-19-43(29)51-45(49)37-27-41(31-15-5-3-6-16-31)47-39-23-21-33(25-35(37)39)34-22-24-40-36(26-34)38(28-42(48-40)32-17-7-4-8-18-32)46(50)52-44-20-12-10-14-30(44)2/h3-28H,1-2H3. The van der Waals surface area contributed by atoms with E-state index in [4.69, 9.17) is 19.4 Å². The first-order chi connectivity index (χ1) is 25.4. The van der Waals surface area contributed by atoms with Crippen molar-refractivity contribution in [3.8, 4) is 45.1 Å². The molecule has 0 unspecified atom stereocenters. The molecule has 0 radical (unpaired) electrons. The number of esters is 2. The van der Waals surface area contributed by atoms with Crippen LogP contribution in [0.3, 0.4) is 0 Å². The van der Waals surface area contributed by atoms with Crippen LogP contribution in [0.5, 0.6) is 11.5 Å². The minimum atomic E-state index is -0.478. The lowest BCUT2D eigenvalue weighted by Crippen LogP contribution is -2.11. The van der Waals surface area contributed by atoms with Crippen molar-refractivity contribution >= 4 is 33.7 Å². The summed E-state index contributed by atoms with van der Waals surface area (Å²) >= 11 is 0. The third-order valence-corrected chi connectivity index (χ3v) is 9.12. The number of benzene rings is 6. The number of aromatic nitrogens is 2. The van der Waals surface area contributed by atoms with Crippen LogP contribution < -0.4 is 9.47 Å². The van der Waals surface area contributed by atoms with Gasteiger partial charge in [-0.15, -0.1) is 0 Å². The lowest BCUT2D eigenvalue weighted by Gasteiger charge is -2.14. The monoisotopic (exact) mass is 676 g/mol. The van der Waals surface area contributed by atoms with E-state index in [0.717, 1.165) is 33.4 Å². The molecular formula is C46H32N2O4. The fraction of sp³-hybridized carbons (Fsp3) is 0.0435. The maximum Gasteiger partial charge on any atom is 0.344 e. The van der Waals surface area contributed by atoms with Gasteiger partial charge in [-0.05, 0) is 84.6 Å². The molecule has 8 rings (SSSR count). The van der Waals surface area contributed by atoms with Crippen molar-refractivity contribution in [1.82, 2.24) is 9.97 Å². The Bertz CT molecular complexity index is 2450. The van der Waals surface area contributed by atoms with Crippen molar-refractivity contribution in [2.45, 2.75) is 13.8 Å². The summed E-state index contributed by atoms with van der Waals surface area (Å²) < 4.78 is 11.9. The number of pyridine rings is 2. The van der Waals surface area contributed by atoms with Gasteiger partial charge in [0.1, 0.15) is 11.5 Å². The van der Waals surface area contributed by atoms with Crippen LogP contribution in [0.1, 0.15) is 31.8 Å². The highest BCUT2D eigenvalue weighted by molar-refractivity contribution is 6.08. The number of nitrogens with zero attached hydrogens (tertiary/aromatic N) is 2. The highest BCUT2D eigenvalue weighted by Crippen LogP contribution is 2.34. The lowest BCUT2D eigenvalue weighted by atomic mass is 9.96. The van der Waals surface area contributed by atoms with E-state index in [0.29, 0.717) is 55.8 Å². The van der Waals surface area contributed by atoms with Crippen molar-refractivity contribution in [2.75, 3.05) is 0 Å². The van der Waals surface area contributed by atoms with Gasteiger partial charge in [-0.3, -0.25) is 0 Å². The molecule has 6 aromatic carbocycles. The van der Waals surface area contributed by atoms with Crippen LogP contribution in [0.2, 0.25) is 0 Å². The number of carbonyl (C=O) groups is 2. The number of ether oxygens (including phenoxy) is 2. The molecule has 0 aliphatic heterocycles. The summed E-state index contributed by atoms with van der Waals surface area (Å²) in [4.78, 5) is 37.7. The van der Waals surface area contributed by atoms with Gasteiger partial charge >= 0.3 is 11.9 Å². The van der Waals surface area contributed by atoms with E-state index >= 15 is 0 Å². The van der Waals surface area contributed by atoms with Crippen molar-refractivity contribution in [2.24, 2.45) is 0 Å². The second-order valence-corrected chi connectivity index (χ2v) is 12.6. The Balaban J connectivity index is 1.26. The molecule has 52 heavy (non-hydrogen) atoms. The quantitative estimate of drug-likeness (QED) is 0.123. The number of hydrogen-bond acceptors (Lipinski definition) is 6. The van der Waals surface area contributed by atoms with Gasteiger partial charge in [-0.1, -0.05) is 109 Å². The van der Waals surface area contributed by atoms with Gasteiger partial charge in [0.15, 0.2) is 0 Å². The fourth-order valence-corrected chi connectivity index (χ4v) is 6.31. The number of hydrogen-bond donors (Lipinski definition) is 0. The Hall–Kier alpha value is -6.92. The number of rotatable bonds is 7. The summed E-state index contributed by atoms with van der Waals surface area (Å²) in [6.07, 6.45) is 0. The normalized spacial score (nSPS) is 11.0. The van der Waals surface area contributed by atoms with Crippen LogP contribution in [0, 0.1) is 13.8 Å². The van der Waals surface area contributed by atoms with Crippen LogP contribution in [-0.2, 0) is 0 Å². The van der Waals surface area contributed by atoms with E-state index in [1.807, 2.05) is 147 Å². The van der Waals surface area contributed by atoms with Gasteiger partial charge in [0.05, 0.1) is 33.5 Å². The lowest BCUT2D eigenvalue weighted by molar-refractivity contribution is 0.0726. The van der Waals surface area contributed by atoms with Gasteiger partial charge in [0.25, 0.3) is 0 Å². The van der Waals surface area contributed by atoms with Crippen LogP contribution in [0.25, 0.3) is 55.4 Å². The first kappa shape index (κ1) is 32.3. The van der Waals surface area contributed by atoms with Gasteiger partial charge in [-0.25, -0.2) is 19.6 Å². The maximum absolute atomic E-state index is 13.9. The molecule has 0 aliphatic rings. The summed E-state index contributed by atoms with van der Waals surface area (Å²) in [5, 5.41) is 1.29. The third-order valence-electron chi connectivity index (χ3n) is 9.12. The van der Waals surface area contributed by atoms with E-state index in [2.05, 4.69) is 0 Å². The average molecular weight is 677 g/mol. The molecule has 2 aromatic heterocycles. The summed E-state index contributed by atoms with van der Waals surface area (Å²) in [7, 11) is 0. The minimum Gasteiger partial charge on any atom is -0.423 e. The molecule has 0 atom stereocenters. The van der Waals surface area contributed by atoms with E-state index in [-0.39, 0.29) is 0 Å². The zero-order valence-electron chi connectivity index (χ0n) is 28.5. The summed E-state index contributed by atoms with van der Waals surface area (Å²) in [6.45, 7) is 3.81. The predicted octanol–water partition coefficient (Wildman–Crippen LogP) is 10.8. The summed E-state index contributed by atoms with van der Waals surface area (Å²) in [5.41, 5.74) is 8.58. The second kappa shape index (κ2) is 13.8. The van der Waals surface area contributed by atoms with Crippen LogP contribution >= 0.6 is 0 Å². The first-order valence-electron chi connectivity index (χ1n) is 17.0. The van der Waals surface area contributed by atoms with Crippen molar-refractivity contribution in [1.29, 1.82) is 0 Å². The molecule has 0 N–H and O–H groups in total. The molecule has 8 aromatic rings. The van der Waals surface area contributed by atoms with E-state index < -0.39 is 11.9 Å². The second-order valence-electron chi connectivity index (χ2n) is 12.6. The van der Waals surface area contributed by atoms with E-state index in [1.54, 1.807) is 24.3 Å². The predicted molar refractivity (Wildman–Crippen MR) is 206 cm³/mol. The van der Waals surface area contributed by atoms with Crippen molar-refractivity contribution < 1.29 is 19.1 Å². The highest BCUT2D eigenvalue weighted by atomic mass is 16.5. The van der Waals surface area contributed by atoms with Gasteiger partial charge in [0.2, 0.25) is 0 Å². The van der Waals surface area contributed by atoms with Gasteiger partial charge in [0, 0.05) is 21.9 Å². The van der Waals surface area contributed by atoms with Gasteiger partial charge in [-0.2, -0.15) is 0 Å². The molecule has 250 valence electrons.